The zero-order valence-electron chi connectivity index (χ0n) is 10.3. The van der Waals surface area contributed by atoms with Crippen molar-refractivity contribution in [1.82, 2.24) is 9.97 Å². The number of ketones is 1. The lowest BCUT2D eigenvalue weighted by molar-refractivity contribution is -0.154. The van der Waals surface area contributed by atoms with Crippen molar-refractivity contribution < 1.29 is 22.7 Å². The SMILES string of the molecule is CC(=O)c1csc(-c2ccc(OCC(F)(F)F)nc2)n1. The number of halogens is 3. The molecule has 2 aromatic heterocycles. The van der Waals surface area contributed by atoms with Gasteiger partial charge in [0.15, 0.2) is 12.4 Å². The molecule has 0 fully saturated rings. The van der Waals surface area contributed by atoms with Crippen LogP contribution in [0.25, 0.3) is 10.6 Å². The Bertz CT molecular complexity index is 608. The second-order valence-corrected chi connectivity index (χ2v) is 4.74. The van der Waals surface area contributed by atoms with Gasteiger partial charge in [0.05, 0.1) is 0 Å². The molecule has 0 N–H and O–H groups in total. The summed E-state index contributed by atoms with van der Waals surface area (Å²) in [6.45, 7) is 0.0241. The average Bonchev–Trinajstić information content (AvgIpc) is 2.86. The lowest BCUT2D eigenvalue weighted by atomic mass is 10.3. The third-order valence-corrected chi connectivity index (χ3v) is 3.12. The number of thiazole rings is 1. The Morgan fingerprint density at radius 3 is 2.65 bits per heavy atom. The molecule has 106 valence electrons. The summed E-state index contributed by atoms with van der Waals surface area (Å²) in [4.78, 5) is 19.0. The highest BCUT2D eigenvalue weighted by Gasteiger charge is 2.28. The van der Waals surface area contributed by atoms with Crippen molar-refractivity contribution in [3.05, 3.63) is 29.4 Å². The Morgan fingerprint density at radius 2 is 2.15 bits per heavy atom. The number of carbonyl (C=O) groups is 1. The van der Waals surface area contributed by atoms with Gasteiger partial charge in [-0.1, -0.05) is 0 Å². The number of rotatable bonds is 4. The quantitative estimate of drug-likeness (QED) is 0.813. The predicted octanol–water partition coefficient (Wildman–Crippen LogP) is 3.35. The lowest BCUT2D eigenvalue weighted by Gasteiger charge is -2.08. The Hall–Kier alpha value is -1.96. The Labute approximate surface area is 116 Å². The number of hydrogen-bond acceptors (Lipinski definition) is 5. The highest BCUT2D eigenvalue weighted by atomic mass is 32.1. The molecule has 0 atom stereocenters. The summed E-state index contributed by atoms with van der Waals surface area (Å²) >= 11 is 1.26. The largest absolute Gasteiger partial charge is 0.468 e. The Kier molecular flexibility index (Phi) is 4.03. The standard InChI is InChI=1S/C12H9F3N2O2S/c1-7(18)9-5-20-11(17-9)8-2-3-10(16-4-8)19-6-12(13,14)15/h2-5H,6H2,1H3. The summed E-state index contributed by atoms with van der Waals surface area (Å²) in [6.07, 6.45) is -3.04. The van der Waals surface area contributed by atoms with Crippen LogP contribution < -0.4 is 4.74 Å². The third-order valence-electron chi connectivity index (χ3n) is 2.23. The number of carbonyl (C=O) groups excluding carboxylic acids is 1. The molecule has 2 rings (SSSR count). The number of hydrogen-bond donors (Lipinski definition) is 0. The predicted molar refractivity (Wildman–Crippen MR) is 66.9 cm³/mol. The number of nitrogens with zero attached hydrogens (tertiary/aromatic N) is 2. The summed E-state index contributed by atoms with van der Waals surface area (Å²) in [5.41, 5.74) is 0.962. The Morgan fingerprint density at radius 1 is 1.40 bits per heavy atom. The van der Waals surface area contributed by atoms with Crippen LogP contribution in [-0.4, -0.2) is 28.5 Å². The van der Waals surface area contributed by atoms with Crippen molar-refractivity contribution in [2.24, 2.45) is 0 Å². The summed E-state index contributed by atoms with van der Waals surface area (Å²) in [5.74, 6) is -0.264. The first kappa shape index (κ1) is 14.4. The summed E-state index contributed by atoms with van der Waals surface area (Å²) in [6, 6.07) is 2.87. The lowest BCUT2D eigenvalue weighted by Crippen LogP contribution is -2.19. The van der Waals surface area contributed by atoms with E-state index < -0.39 is 12.8 Å². The maximum Gasteiger partial charge on any atom is 0.422 e. The van der Waals surface area contributed by atoms with Gasteiger partial charge in [0.2, 0.25) is 5.88 Å². The van der Waals surface area contributed by atoms with Crippen LogP contribution in [0, 0.1) is 0 Å². The number of ether oxygens (including phenoxy) is 1. The van der Waals surface area contributed by atoms with Crippen LogP contribution >= 0.6 is 11.3 Å². The van der Waals surface area contributed by atoms with Crippen LogP contribution in [0.15, 0.2) is 23.7 Å². The summed E-state index contributed by atoms with van der Waals surface area (Å²) < 4.78 is 40.4. The van der Waals surface area contributed by atoms with Crippen LogP contribution in [0.1, 0.15) is 17.4 Å². The third kappa shape index (κ3) is 3.77. The van der Waals surface area contributed by atoms with Crippen molar-refractivity contribution in [2.75, 3.05) is 6.61 Å². The van der Waals surface area contributed by atoms with Crippen LogP contribution in [0.2, 0.25) is 0 Å². The van der Waals surface area contributed by atoms with E-state index in [0.717, 1.165) is 0 Å². The second kappa shape index (κ2) is 5.58. The van der Waals surface area contributed by atoms with Gasteiger partial charge in [-0.3, -0.25) is 4.79 Å². The first-order valence-electron chi connectivity index (χ1n) is 5.47. The van der Waals surface area contributed by atoms with Crippen LogP contribution in [0.5, 0.6) is 5.88 Å². The van der Waals surface area contributed by atoms with Gasteiger partial charge >= 0.3 is 6.18 Å². The smallest absolute Gasteiger partial charge is 0.422 e. The van der Waals surface area contributed by atoms with Crippen molar-refractivity contribution in [1.29, 1.82) is 0 Å². The first-order chi connectivity index (χ1) is 9.35. The van der Waals surface area contributed by atoms with Crippen LogP contribution in [0.4, 0.5) is 13.2 Å². The maximum atomic E-state index is 12.0. The van der Waals surface area contributed by atoms with E-state index in [9.17, 15) is 18.0 Å². The normalized spacial score (nSPS) is 11.4. The van der Waals surface area contributed by atoms with E-state index in [4.69, 9.17) is 0 Å². The zero-order chi connectivity index (χ0) is 14.8. The first-order valence-corrected chi connectivity index (χ1v) is 6.35. The average molecular weight is 302 g/mol. The van der Waals surface area contributed by atoms with Gasteiger partial charge in [-0.2, -0.15) is 13.2 Å². The number of Topliss-reactive ketones (excluding diaryl/α,β-unsaturated/α-hetero) is 1. The maximum absolute atomic E-state index is 12.0. The molecular weight excluding hydrogens is 293 g/mol. The molecule has 4 nitrogen and oxygen atoms in total. The molecule has 0 aliphatic rings. The molecule has 20 heavy (non-hydrogen) atoms. The fourth-order valence-corrected chi connectivity index (χ4v) is 2.17. The monoisotopic (exact) mass is 302 g/mol. The molecular formula is C12H9F3N2O2S. The molecule has 0 aliphatic heterocycles. The number of pyridine rings is 1. The van der Waals surface area contributed by atoms with Gasteiger partial charge < -0.3 is 4.74 Å². The minimum atomic E-state index is -4.40. The van der Waals surface area contributed by atoms with E-state index in [0.29, 0.717) is 16.3 Å². The van der Waals surface area contributed by atoms with E-state index in [2.05, 4.69) is 14.7 Å². The number of aromatic nitrogens is 2. The van der Waals surface area contributed by atoms with Crippen molar-refractivity contribution >= 4 is 17.1 Å². The van der Waals surface area contributed by atoms with Gasteiger partial charge in [0, 0.05) is 30.1 Å². The molecule has 8 heteroatoms. The molecule has 0 unspecified atom stereocenters. The van der Waals surface area contributed by atoms with Gasteiger partial charge in [0.1, 0.15) is 10.7 Å². The highest BCUT2D eigenvalue weighted by Crippen LogP contribution is 2.25. The van der Waals surface area contributed by atoms with Crippen molar-refractivity contribution in [3.63, 3.8) is 0 Å². The van der Waals surface area contributed by atoms with E-state index in [1.54, 1.807) is 11.4 Å². The van der Waals surface area contributed by atoms with Gasteiger partial charge in [-0.05, 0) is 6.07 Å². The fraction of sp³-hybridized carbons (Fsp3) is 0.250. The minimum Gasteiger partial charge on any atom is -0.468 e. The molecule has 0 aromatic carbocycles. The molecule has 0 bridgehead atoms. The summed E-state index contributed by atoms with van der Waals surface area (Å²) in [7, 11) is 0. The molecule has 0 saturated heterocycles. The van der Waals surface area contributed by atoms with E-state index in [-0.39, 0.29) is 11.7 Å². The van der Waals surface area contributed by atoms with E-state index in [1.165, 1.54) is 30.5 Å². The fourth-order valence-electron chi connectivity index (χ4n) is 1.32. The highest BCUT2D eigenvalue weighted by molar-refractivity contribution is 7.13. The van der Waals surface area contributed by atoms with Gasteiger partial charge in [-0.25, -0.2) is 9.97 Å². The van der Waals surface area contributed by atoms with Gasteiger partial charge in [-0.15, -0.1) is 11.3 Å². The topological polar surface area (TPSA) is 52.1 Å². The second-order valence-electron chi connectivity index (χ2n) is 3.88. The van der Waals surface area contributed by atoms with Crippen LogP contribution in [-0.2, 0) is 0 Å². The molecule has 0 spiro atoms. The molecule has 2 heterocycles. The molecule has 2 aromatic rings. The van der Waals surface area contributed by atoms with Gasteiger partial charge in [0.25, 0.3) is 0 Å². The molecule has 0 saturated carbocycles. The van der Waals surface area contributed by atoms with E-state index in [1.807, 2.05) is 0 Å². The Balaban J connectivity index is 2.09. The molecule has 0 amide bonds. The molecule has 0 aliphatic carbocycles. The molecule has 0 radical (unpaired) electrons. The minimum absolute atomic E-state index is 0.116. The summed E-state index contributed by atoms with van der Waals surface area (Å²) in [5, 5.41) is 2.19. The number of alkyl halides is 3. The van der Waals surface area contributed by atoms with Crippen molar-refractivity contribution in [2.45, 2.75) is 13.1 Å². The van der Waals surface area contributed by atoms with Crippen LogP contribution in [0.3, 0.4) is 0 Å². The zero-order valence-corrected chi connectivity index (χ0v) is 11.1. The van der Waals surface area contributed by atoms with E-state index >= 15 is 0 Å². The van der Waals surface area contributed by atoms with Crippen molar-refractivity contribution in [3.8, 4) is 16.5 Å².